The maximum atomic E-state index is 13.2. The topological polar surface area (TPSA) is 63.4 Å². The molecule has 2 N–H and O–H groups in total. The lowest BCUT2D eigenvalue weighted by molar-refractivity contribution is 0.0302. The number of hydrogen-bond donors (Lipinski definition) is 1. The summed E-state index contributed by atoms with van der Waals surface area (Å²) in [4.78, 5) is 0. The Bertz CT molecular complexity index is 272. The molecule has 0 spiro atoms. The van der Waals surface area contributed by atoms with Crippen molar-refractivity contribution in [2.45, 2.75) is 19.0 Å². The minimum Gasteiger partial charge on any atom is -0.327 e. The molecule has 4 nitrogen and oxygen atoms in total. The van der Waals surface area contributed by atoms with Crippen molar-refractivity contribution in [1.29, 1.82) is 0 Å². The van der Waals surface area contributed by atoms with E-state index >= 15 is 0 Å². The Hall–Kier alpha value is -0.200. The lowest BCUT2D eigenvalue weighted by Crippen LogP contribution is -2.64. The SMILES string of the molecule is CCCS(=O)(=O)N1CC(F)(CN)C1. The van der Waals surface area contributed by atoms with Crippen molar-refractivity contribution in [3.05, 3.63) is 0 Å². The number of nitrogens with zero attached hydrogens (tertiary/aromatic N) is 1. The molecule has 13 heavy (non-hydrogen) atoms. The zero-order valence-corrected chi connectivity index (χ0v) is 8.48. The third-order valence-electron chi connectivity index (χ3n) is 2.14. The first-order valence-corrected chi connectivity index (χ1v) is 5.91. The van der Waals surface area contributed by atoms with Crippen LogP contribution in [0, 0.1) is 0 Å². The summed E-state index contributed by atoms with van der Waals surface area (Å²) in [5.41, 5.74) is 3.67. The third kappa shape index (κ3) is 2.18. The third-order valence-corrected chi connectivity index (χ3v) is 4.11. The van der Waals surface area contributed by atoms with Gasteiger partial charge >= 0.3 is 0 Å². The van der Waals surface area contributed by atoms with E-state index in [1.54, 1.807) is 6.92 Å². The van der Waals surface area contributed by atoms with Crippen LogP contribution in [0.15, 0.2) is 0 Å². The van der Waals surface area contributed by atoms with E-state index in [2.05, 4.69) is 0 Å². The van der Waals surface area contributed by atoms with E-state index in [1.165, 1.54) is 0 Å². The predicted octanol–water partition coefficient (Wildman–Crippen LogP) is -0.291. The molecule has 1 aliphatic rings. The monoisotopic (exact) mass is 210 g/mol. The van der Waals surface area contributed by atoms with Crippen molar-refractivity contribution >= 4 is 10.0 Å². The largest absolute Gasteiger partial charge is 0.327 e. The second kappa shape index (κ2) is 3.51. The smallest absolute Gasteiger partial charge is 0.214 e. The molecular formula is C7H15FN2O2S. The van der Waals surface area contributed by atoms with Crippen LogP contribution in [-0.4, -0.2) is 43.8 Å². The average molecular weight is 210 g/mol. The highest BCUT2D eigenvalue weighted by molar-refractivity contribution is 7.89. The van der Waals surface area contributed by atoms with Crippen LogP contribution in [0.3, 0.4) is 0 Å². The predicted molar refractivity (Wildman–Crippen MR) is 48.5 cm³/mol. The molecule has 0 bridgehead atoms. The number of hydrogen-bond acceptors (Lipinski definition) is 3. The Morgan fingerprint density at radius 1 is 1.54 bits per heavy atom. The van der Waals surface area contributed by atoms with Crippen LogP contribution in [-0.2, 0) is 10.0 Å². The van der Waals surface area contributed by atoms with Gasteiger partial charge < -0.3 is 5.73 Å². The lowest BCUT2D eigenvalue weighted by atomic mass is 10.0. The summed E-state index contributed by atoms with van der Waals surface area (Å²) in [6, 6.07) is 0. The second-order valence-electron chi connectivity index (χ2n) is 3.44. The van der Waals surface area contributed by atoms with Gasteiger partial charge in [-0.3, -0.25) is 0 Å². The quantitative estimate of drug-likeness (QED) is 0.693. The fourth-order valence-electron chi connectivity index (χ4n) is 1.30. The van der Waals surface area contributed by atoms with E-state index in [9.17, 15) is 12.8 Å². The molecule has 1 heterocycles. The van der Waals surface area contributed by atoms with Gasteiger partial charge in [0, 0.05) is 6.54 Å². The Labute approximate surface area is 77.9 Å². The molecule has 0 atom stereocenters. The normalized spacial score (nSPS) is 22.7. The highest BCUT2D eigenvalue weighted by Crippen LogP contribution is 2.27. The molecule has 0 aromatic heterocycles. The Morgan fingerprint density at radius 3 is 2.46 bits per heavy atom. The Morgan fingerprint density at radius 2 is 2.08 bits per heavy atom. The van der Waals surface area contributed by atoms with Crippen LogP contribution >= 0.6 is 0 Å². The number of nitrogens with two attached hydrogens (primary N) is 1. The average Bonchev–Trinajstić information content (AvgIpc) is 1.98. The van der Waals surface area contributed by atoms with Gasteiger partial charge in [-0.25, -0.2) is 12.8 Å². The lowest BCUT2D eigenvalue weighted by Gasteiger charge is -2.42. The van der Waals surface area contributed by atoms with Crippen molar-refractivity contribution in [2.24, 2.45) is 5.73 Å². The van der Waals surface area contributed by atoms with Crippen molar-refractivity contribution in [3.8, 4) is 0 Å². The second-order valence-corrected chi connectivity index (χ2v) is 5.53. The molecule has 1 rings (SSSR count). The van der Waals surface area contributed by atoms with Crippen molar-refractivity contribution < 1.29 is 12.8 Å². The maximum Gasteiger partial charge on any atom is 0.214 e. The summed E-state index contributed by atoms with van der Waals surface area (Å²) in [6.45, 7) is 1.52. The summed E-state index contributed by atoms with van der Waals surface area (Å²) in [5, 5.41) is 0. The molecule has 0 radical (unpaired) electrons. The van der Waals surface area contributed by atoms with E-state index < -0.39 is 15.7 Å². The zero-order chi connectivity index (χ0) is 10.1. The molecular weight excluding hydrogens is 195 g/mol. The Balaban J connectivity index is 2.52. The molecule has 0 saturated carbocycles. The van der Waals surface area contributed by atoms with Crippen LogP contribution in [0.4, 0.5) is 4.39 Å². The van der Waals surface area contributed by atoms with E-state index in [0.29, 0.717) is 6.42 Å². The first kappa shape index (κ1) is 10.9. The molecule has 0 aromatic rings. The zero-order valence-electron chi connectivity index (χ0n) is 7.66. The molecule has 1 saturated heterocycles. The fraction of sp³-hybridized carbons (Fsp3) is 1.00. The highest BCUT2D eigenvalue weighted by atomic mass is 32.2. The van der Waals surface area contributed by atoms with Crippen LogP contribution in [0.25, 0.3) is 0 Å². The molecule has 0 aliphatic carbocycles. The van der Waals surface area contributed by atoms with E-state index in [0.717, 1.165) is 4.31 Å². The van der Waals surface area contributed by atoms with Gasteiger partial charge in [-0.15, -0.1) is 0 Å². The van der Waals surface area contributed by atoms with Crippen LogP contribution < -0.4 is 5.73 Å². The minimum absolute atomic E-state index is 0.0775. The van der Waals surface area contributed by atoms with Crippen molar-refractivity contribution in [2.75, 3.05) is 25.4 Å². The molecule has 1 aliphatic heterocycles. The molecule has 6 heteroatoms. The van der Waals surface area contributed by atoms with E-state index in [1.807, 2.05) is 0 Å². The molecule has 0 amide bonds. The summed E-state index contributed by atoms with van der Waals surface area (Å²) in [7, 11) is -3.22. The van der Waals surface area contributed by atoms with Crippen molar-refractivity contribution in [1.82, 2.24) is 4.31 Å². The van der Waals surface area contributed by atoms with Gasteiger partial charge in [0.1, 0.15) is 0 Å². The molecule has 0 unspecified atom stereocenters. The minimum atomic E-state index is -3.22. The van der Waals surface area contributed by atoms with Crippen LogP contribution in [0.2, 0.25) is 0 Å². The number of sulfonamides is 1. The van der Waals surface area contributed by atoms with Gasteiger partial charge in [0.2, 0.25) is 10.0 Å². The van der Waals surface area contributed by atoms with E-state index in [-0.39, 0.29) is 25.4 Å². The van der Waals surface area contributed by atoms with Gasteiger partial charge in [0.05, 0.1) is 18.8 Å². The van der Waals surface area contributed by atoms with Gasteiger partial charge in [-0.1, -0.05) is 6.92 Å². The van der Waals surface area contributed by atoms with Gasteiger partial charge in [-0.2, -0.15) is 4.31 Å². The first-order valence-electron chi connectivity index (χ1n) is 4.30. The number of halogens is 1. The number of rotatable bonds is 4. The summed E-state index contributed by atoms with van der Waals surface area (Å²) in [6.07, 6.45) is 0.556. The standard InChI is InChI=1S/C7H15FN2O2S/c1-2-3-13(11,12)10-5-7(8,4-9)6-10/h2-6,9H2,1H3. The van der Waals surface area contributed by atoms with Crippen LogP contribution in [0.1, 0.15) is 13.3 Å². The van der Waals surface area contributed by atoms with Crippen LogP contribution in [0.5, 0.6) is 0 Å². The number of alkyl halides is 1. The van der Waals surface area contributed by atoms with Gasteiger partial charge in [-0.05, 0) is 6.42 Å². The summed E-state index contributed by atoms with van der Waals surface area (Å²) >= 11 is 0. The van der Waals surface area contributed by atoms with Gasteiger partial charge in [0.15, 0.2) is 5.67 Å². The molecule has 78 valence electrons. The highest BCUT2D eigenvalue weighted by Gasteiger charge is 2.47. The summed E-state index contributed by atoms with van der Waals surface area (Å²) in [5.74, 6) is 0.0909. The van der Waals surface area contributed by atoms with Gasteiger partial charge in [0.25, 0.3) is 0 Å². The molecule has 1 fully saturated rings. The molecule has 0 aromatic carbocycles. The Kier molecular flexibility index (Phi) is 2.94. The van der Waals surface area contributed by atoms with Crippen molar-refractivity contribution in [3.63, 3.8) is 0 Å². The van der Waals surface area contributed by atoms with E-state index in [4.69, 9.17) is 5.73 Å². The first-order chi connectivity index (χ1) is 5.93. The fourth-order valence-corrected chi connectivity index (χ4v) is 2.93. The maximum absolute atomic E-state index is 13.2. The summed E-state index contributed by atoms with van der Waals surface area (Å²) < 4.78 is 37.1.